The minimum atomic E-state index is -4.48. The first kappa shape index (κ1) is 17.8. The molecular formula is C10H14N5NaO5P. The minimum Gasteiger partial charge on any atom is -0.382 e. The molecule has 3 rings (SSSR count). The number of nitrogens with zero attached hydrogens (tertiary/aromatic N) is 4. The van der Waals surface area contributed by atoms with Gasteiger partial charge < -0.3 is 20.3 Å². The fourth-order valence-electron chi connectivity index (χ4n) is 2.27. The van der Waals surface area contributed by atoms with Crippen LogP contribution in [0.2, 0.25) is 0 Å². The van der Waals surface area contributed by atoms with E-state index < -0.39 is 7.82 Å². The fourth-order valence-corrected chi connectivity index (χ4v) is 2.64. The van der Waals surface area contributed by atoms with Crippen molar-refractivity contribution in [2.75, 3.05) is 12.3 Å². The van der Waals surface area contributed by atoms with Crippen molar-refractivity contribution in [1.29, 1.82) is 0 Å². The summed E-state index contributed by atoms with van der Waals surface area (Å²) in [6.45, 7) is -0.162. The zero-order valence-electron chi connectivity index (χ0n) is 11.9. The molecule has 1 fully saturated rings. The predicted molar refractivity (Wildman–Crippen MR) is 76.6 cm³/mol. The average Bonchev–Trinajstić information content (AvgIpc) is 3.02. The number of ether oxygens (including phenoxy) is 1. The van der Waals surface area contributed by atoms with Crippen molar-refractivity contribution in [2.45, 2.75) is 25.2 Å². The van der Waals surface area contributed by atoms with E-state index in [4.69, 9.17) is 20.3 Å². The third-order valence-corrected chi connectivity index (χ3v) is 3.70. The summed E-state index contributed by atoms with van der Waals surface area (Å²) < 4.78 is 22.6. The summed E-state index contributed by atoms with van der Waals surface area (Å²) in [6, 6.07) is 0. The van der Waals surface area contributed by atoms with Gasteiger partial charge in [-0.05, 0) is 12.8 Å². The normalized spacial score (nSPS) is 21.9. The zero-order chi connectivity index (χ0) is 15.0. The van der Waals surface area contributed by atoms with Crippen molar-refractivity contribution in [3.05, 3.63) is 12.7 Å². The van der Waals surface area contributed by atoms with Crippen LogP contribution >= 0.6 is 7.82 Å². The summed E-state index contributed by atoms with van der Waals surface area (Å²) >= 11 is 0. The van der Waals surface area contributed by atoms with E-state index in [0.717, 1.165) is 0 Å². The van der Waals surface area contributed by atoms with Gasteiger partial charge in [0.2, 0.25) is 0 Å². The van der Waals surface area contributed by atoms with Crippen molar-refractivity contribution < 1.29 is 23.6 Å². The predicted octanol–water partition coefficient (Wildman–Crippen LogP) is -0.185. The van der Waals surface area contributed by atoms with Gasteiger partial charge in [-0.25, -0.2) is 19.5 Å². The first-order valence-electron chi connectivity index (χ1n) is 6.22. The van der Waals surface area contributed by atoms with Crippen molar-refractivity contribution in [1.82, 2.24) is 19.5 Å². The molecule has 22 heavy (non-hydrogen) atoms. The van der Waals surface area contributed by atoms with Crippen molar-refractivity contribution in [3.63, 3.8) is 0 Å². The number of hydrogen-bond acceptors (Lipinski definition) is 7. The SMILES string of the molecule is Nc1ncnc2c1ncn2C1CCC(COP(=O)(O)O)O1.[Na]. The molecule has 12 heteroatoms. The van der Waals surface area contributed by atoms with Crippen LogP contribution in [-0.2, 0) is 13.8 Å². The molecule has 2 aromatic heterocycles. The van der Waals surface area contributed by atoms with E-state index in [1.165, 1.54) is 6.33 Å². The Morgan fingerprint density at radius 3 is 2.91 bits per heavy atom. The van der Waals surface area contributed by atoms with Crippen LogP contribution in [0.4, 0.5) is 5.82 Å². The Kier molecular flexibility index (Phi) is 5.57. The fraction of sp³-hybridized carbons (Fsp3) is 0.500. The quantitative estimate of drug-likeness (QED) is 0.510. The van der Waals surface area contributed by atoms with Crippen LogP contribution in [0.25, 0.3) is 11.2 Å². The number of phosphoric acid groups is 1. The number of fused-ring (bicyclic) bond motifs is 1. The van der Waals surface area contributed by atoms with Gasteiger partial charge in [0.15, 0.2) is 11.5 Å². The Labute approximate surface area is 147 Å². The van der Waals surface area contributed by atoms with Crippen LogP contribution in [0.5, 0.6) is 0 Å². The summed E-state index contributed by atoms with van der Waals surface area (Å²) in [5, 5.41) is 0. The van der Waals surface area contributed by atoms with E-state index in [1.807, 2.05) is 0 Å². The van der Waals surface area contributed by atoms with Crippen molar-refractivity contribution in [2.24, 2.45) is 0 Å². The maximum Gasteiger partial charge on any atom is 0.469 e. The van der Waals surface area contributed by atoms with E-state index >= 15 is 0 Å². The average molecular weight is 338 g/mol. The van der Waals surface area contributed by atoms with Gasteiger partial charge in [-0.3, -0.25) is 9.09 Å². The number of hydrogen-bond donors (Lipinski definition) is 3. The molecule has 0 aromatic carbocycles. The summed E-state index contributed by atoms with van der Waals surface area (Å²) in [6.07, 6.45) is 3.47. The first-order valence-corrected chi connectivity index (χ1v) is 7.75. The molecular weight excluding hydrogens is 324 g/mol. The second kappa shape index (κ2) is 6.90. The van der Waals surface area contributed by atoms with Crippen LogP contribution in [-0.4, -0.2) is 71.6 Å². The van der Waals surface area contributed by atoms with Gasteiger partial charge in [-0.2, -0.15) is 0 Å². The first-order chi connectivity index (χ1) is 9.94. The van der Waals surface area contributed by atoms with Crippen LogP contribution in [0, 0.1) is 0 Å². The van der Waals surface area contributed by atoms with E-state index in [1.54, 1.807) is 10.9 Å². The second-order valence-corrected chi connectivity index (χ2v) is 5.90. The Hall–Kier alpha value is -0.580. The number of imidazole rings is 1. The molecule has 2 aromatic rings. The summed E-state index contributed by atoms with van der Waals surface area (Å²) in [4.78, 5) is 29.5. The minimum absolute atomic E-state index is 0. The summed E-state index contributed by atoms with van der Waals surface area (Å²) in [7, 11) is -4.48. The van der Waals surface area contributed by atoms with E-state index in [9.17, 15) is 4.57 Å². The number of anilines is 1. The molecule has 1 aliphatic rings. The number of phosphoric ester groups is 1. The van der Waals surface area contributed by atoms with Crippen LogP contribution in [0.15, 0.2) is 12.7 Å². The van der Waals surface area contributed by atoms with Gasteiger partial charge in [0.1, 0.15) is 18.1 Å². The smallest absolute Gasteiger partial charge is 0.382 e. The number of aromatic nitrogens is 4. The molecule has 1 radical (unpaired) electrons. The molecule has 2 atom stereocenters. The van der Waals surface area contributed by atoms with Gasteiger partial charge in [0.25, 0.3) is 0 Å². The van der Waals surface area contributed by atoms with Gasteiger partial charge in [-0.1, -0.05) is 0 Å². The Bertz CT molecular complexity index is 706. The number of rotatable bonds is 4. The Morgan fingerprint density at radius 2 is 2.18 bits per heavy atom. The molecule has 0 amide bonds. The van der Waals surface area contributed by atoms with Crippen LogP contribution < -0.4 is 5.73 Å². The van der Waals surface area contributed by atoms with Crippen LogP contribution in [0.3, 0.4) is 0 Å². The second-order valence-electron chi connectivity index (χ2n) is 4.66. The topological polar surface area (TPSA) is 146 Å². The number of nitrogens with two attached hydrogens (primary N) is 1. The molecule has 4 N–H and O–H groups in total. The maximum atomic E-state index is 10.7. The molecule has 0 aliphatic carbocycles. The van der Waals surface area contributed by atoms with Crippen LogP contribution in [0.1, 0.15) is 19.1 Å². The van der Waals surface area contributed by atoms with E-state index in [-0.39, 0.29) is 54.3 Å². The van der Waals surface area contributed by atoms with Crippen molar-refractivity contribution in [3.8, 4) is 0 Å². The summed E-state index contributed by atoms with van der Waals surface area (Å²) in [5.74, 6) is 0.290. The molecule has 0 saturated carbocycles. The number of nitrogen functional groups attached to an aromatic ring is 1. The third kappa shape index (κ3) is 3.84. The standard InChI is InChI=1S/C10H14N5O5P.Na/c11-9-8-10(13-4-12-9)15(5-14-8)7-2-1-6(20-7)3-19-21(16,17)18;/h4-7H,1-3H2,(H2,11,12,13)(H2,16,17,18);. The molecule has 115 valence electrons. The molecule has 1 saturated heterocycles. The molecule has 3 heterocycles. The van der Waals surface area contributed by atoms with E-state index in [0.29, 0.717) is 24.0 Å². The monoisotopic (exact) mass is 338 g/mol. The molecule has 0 spiro atoms. The molecule has 10 nitrogen and oxygen atoms in total. The van der Waals surface area contributed by atoms with Gasteiger partial charge in [-0.15, -0.1) is 0 Å². The molecule has 2 unspecified atom stereocenters. The Morgan fingerprint density at radius 1 is 1.41 bits per heavy atom. The summed E-state index contributed by atoms with van der Waals surface area (Å²) in [5.41, 5.74) is 6.77. The van der Waals surface area contributed by atoms with Crippen molar-refractivity contribution >= 4 is 54.4 Å². The van der Waals surface area contributed by atoms with Gasteiger partial charge >= 0.3 is 7.82 Å². The van der Waals surface area contributed by atoms with E-state index in [2.05, 4.69) is 19.5 Å². The maximum absolute atomic E-state index is 10.7. The molecule has 1 aliphatic heterocycles. The van der Waals surface area contributed by atoms with Gasteiger partial charge in [0, 0.05) is 29.6 Å². The zero-order valence-corrected chi connectivity index (χ0v) is 14.8. The van der Waals surface area contributed by atoms with Gasteiger partial charge in [0.05, 0.1) is 19.0 Å². The Balaban J connectivity index is 0.00000176. The molecule has 0 bridgehead atoms. The third-order valence-electron chi connectivity index (χ3n) is 3.21. The largest absolute Gasteiger partial charge is 0.469 e.